The lowest BCUT2D eigenvalue weighted by molar-refractivity contribution is 0.0605. The Morgan fingerprint density at radius 1 is 1.00 bits per heavy atom. The lowest BCUT2D eigenvalue weighted by atomic mass is 9.77. The molecule has 1 spiro atoms. The molecule has 5 heteroatoms. The SMILES string of the molecule is O=C(c1cccs1)c1ccccc1C(=O)N1CCC2(CCNC2)CC1. The molecule has 130 valence electrons. The monoisotopic (exact) mass is 354 g/mol. The fraction of sp³-hybridized carbons (Fsp3) is 0.400. The molecule has 2 aromatic rings. The van der Waals surface area contributed by atoms with Crippen LogP contribution in [0.15, 0.2) is 41.8 Å². The van der Waals surface area contributed by atoms with E-state index in [9.17, 15) is 9.59 Å². The highest BCUT2D eigenvalue weighted by molar-refractivity contribution is 7.12. The standard InChI is InChI=1S/C20H22N2O2S/c23-18(17-6-3-13-25-17)15-4-1-2-5-16(15)19(24)22-11-8-20(9-12-22)7-10-21-14-20/h1-6,13,21H,7-12,14H2. The van der Waals surface area contributed by atoms with Gasteiger partial charge in [-0.05, 0) is 48.7 Å². The van der Waals surface area contributed by atoms with Gasteiger partial charge in [-0.15, -0.1) is 11.3 Å². The Morgan fingerprint density at radius 2 is 1.76 bits per heavy atom. The van der Waals surface area contributed by atoms with E-state index in [1.54, 1.807) is 12.1 Å². The van der Waals surface area contributed by atoms with Crippen LogP contribution in [-0.4, -0.2) is 42.8 Å². The molecule has 4 rings (SSSR count). The van der Waals surface area contributed by atoms with E-state index in [2.05, 4.69) is 5.32 Å². The van der Waals surface area contributed by atoms with Gasteiger partial charge >= 0.3 is 0 Å². The van der Waals surface area contributed by atoms with E-state index in [-0.39, 0.29) is 11.7 Å². The minimum atomic E-state index is -0.0626. The molecule has 1 amide bonds. The number of nitrogens with zero attached hydrogens (tertiary/aromatic N) is 1. The molecular formula is C20H22N2O2S. The second kappa shape index (κ2) is 6.73. The zero-order chi connectivity index (χ0) is 17.3. The fourth-order valence-corrected chi connectivity index (χ4v) is 4.66. The average molecular weight is 354 g/mol. The summed E-state index contributed by atoms with van der Waals surface area (Å²) in [6.07, 6.45) is 3.31. The number of carbonyl (C=O) groups excluding carboxylic acids is 2. The molecule has 1 aromatic heterocycles. The van der Waals surface area contributed by atoms with Crippen LogP contribution in [0.4, 0.5) is 0 Å². The number of hydrogen-bond acceptors (Lipinski definition) is 4. The van der Waals surface area contributed by atoms with Crippen molar-refractivity contribution >= 4 is 23.0 Å². The smallest absolute Gasteiger partial charge is 0.254 e. The van der Waals surface area contributed by atoms with E-state index in [4.69, 9.17) is 0 Å². The van der Waals surface area contributed by atoms with Crippen molar-refractivity contribution in [1.29, 1.82) is 0 Å². The number of rotatable bonds is 3. The van der Waals surface area contributed by atoms with E-state index in [0.29, 0.717) is 21.4 Å². The molecule has 0 radical (unpaired) electrons. The summed E-state index contributed by atoms with van der Waals surface area (Å²) in [5, 5.41) is 5.34. The van der Waals surface area contributed by atoms with Crippen LogP contribution in [0.3, 0.4) is 0 Å². The summed E-state index contributed by atoms with van der Waals surface area (Å²) < 4.78 is 0. The molecular weight excluding hydrogens is 332 g/mol. The van der Waals surface area contributed by atoms with E-state index in [0.717, 1.165) is 39.0 Å². The van der Waals surface area contributed by atoms with Crippen LogP contribution in [0.2, 0.25) is 0 Å². The molecule has 2 aliphatic rings. The summed E-state index contributed by atoms with van der Waals surface area (Å²) in [6, 6.07) is 10.9. The van der Waals surface area contributed by atoms with Gasteiger partial charge in [-0.3, -0.25) is 9.59 Å². The fourth-order valence-electron chi connectivity index (χ4n) is 3.98. The van der Waals surface area contributed by atoms with Gasteiger partial charge in [0.15, 0.2) is 0 Å². The molecule has 2 fully saturated rings. The lowest BCUT2D eigenvalue weighted by Crippen LogP contribution is -2.44. The quantitative estimate of drug-likeness (QED) is 0.861. The first-order chi connectivity index (χ1) is 12.2. The third-order valence-electron chi connectivity index (χ3n) is 5.59. The zero-order valence-corrected chi connectivity index (χ0v) is 15.0. The first-order valence-corrected chi connectivity index (χ1v) is 9.74. The lowest BCUT2D eigenvalue weighted by Gasteiger charge is -2.39. The number of carbonyl (C=O) groups is 2. The van der Waals surface area contributed by atoms with Gasteiger partial charge in [-0.25, -0.2) is 0 Å². The highest BCUT2D eigenvalue weighted by atomic mass is 32.1. The van der Waals surface area contributed by atoms with Crippen LogP contribution in [0.5, 0.6) is 0 Å². The molecule has 2 saturated heterocycles. The minimum absolute atomic E-state index is 0.0127. The summed E-state index contributed by atoms with van der Waals surface area (Å²) in [6.45, 7) is 3.72. The average Bonchev–Trinajstić information content (AvgIpc) is 3.34. The molecule has 2 aliphatic heterocycles. The maximum absolute atomic E-state index is 13.1. The molecule has 0 unspecified atom stereocenters. The number of hydrogen-bond donors (Lipinski definition) is 1. The number of likely N-dealkylation sites (tertiary alicyclic amines) is 1. The Bertz CT molecular complexity index is 769. The van der Waals surface area contributed by atoms with Crippen molar-refractivity contribution in [2.75, 3.05) is 26.2 Å². The van der Waals surface area contributed by atoms with Crippen LogP contribution >= 0.6 is 11.3 Å². The van der Waals surface area contributed by atoms with Crippen molar-refractivity contribution in [2.45, 2.75) is 19.3 Å². The number of thiophene rings is 1. The Hall–Kier alpha value is -1.98. The third-order valence-corrected chi connectivity index (χ3v) is 6.46. The Labute approximate surface area is 151 Å². The van der Waals surface area contributed by atoms with Crippen molar-refractivity contribution in [2.24, 2.45) is 5.41 Å². The normalized spacial score (nSPS) is 19.3. The van der Waals surface area contributed by atoms with Crippen LogP contribution in [0, 0.1) is 5.41 Å². The van der Waals surface area contributed by atoms with E-state index in [1.165, 1.54) is 17.8 Å². The van der Waals surface area contributed by atoms with Crippen molar-refractivity contribution in [3.8, 4) is 0 Å². The number of ketones is 1. The van der Waals surface area contributed by atoms with Gasteiger partial charge in [0.1, 0.15) is 0 Å². The third kappa shape index (κ3) is 3.14. The van der Waals surface area contributed by atoms with E-state index < -0.39 is 0 Å². The number of benzene rings is 1. The zero-order valence-electron chi connectivity index (χ0n) is 14.2. The summed E-state index contributed by atoms with van der Waals surface area (Å²) in [4.78, 5) is 28.4. The van der Waals surface area contributed by atoms with Gasteiger partial charge in [0.05, 0.1) is 10.4 Å². The summed E-state index contributed by atoms with van der Waals surface area (Å²) >= 11 is 1.41. The van der Waals surface area contributed by atoms with Crippen LogP contribution < -0.4 is 5.32 Å². The molecule has 0 saturated carbocycles. The van der Waals surface area contributed by atoms with Crippen molar-refractivity contribution in [3.63, 3.8) is 0 Å². The molecule has 25 heavy (non-hydrogen) atoms. The summed E-state index contributed by atoms with van der Waals surface area (Å²) in [5.41, 5.74) is 1.42. The van der Waals surface area contributed by atoms with E-state index in [1.807, 2.05) is 34.5 Å². The number of amides is 1. The van der Waals surface area contributed by atoms with Gasteiger partial charge < -0.3 is 10.2 Å². The topological polar surface area (TPSA) is 49.4 Å². The van der Waals surface area contributed by atoms with E-state index >= 15 is 0 Å². The Balaban J connectivity index is 1.54. The predicted molar refractivity (Wildman–Crippen MR) is 99.3 cm³/mol. The number of piperidine rings is 1. The second-order valence-corrected chi connectivity index (χ2v) is 8.02. The Morgan fingerprint density at radius 3 is 2.40 bits per heavy atom. The second-order valence-electron chi connectivity index (χ2n) is 7.07. The first-order valence-electron chi connectivity index (χ1n) is 8.86. The largest absolute Gasteiger partial charge is 0.339 e. The molecule has 0 atom stereocenters. The van der Waals surface area contributed by atoms with Gasteiger partial charge in [0.25, 0.3) is 5.91 Å². The first kappa shape index (κ1) is 16.5. The maximum atomic E-state index is 13.1. The van der Waals surface area contributed by atoms with Crippen LogP contribution in [0.1, 0.15) is 44.9 Å². The molecule has 3 heterocycles. The molecule has 0 aliphatic carbocycles. The van der Waals surface area contributed by atoms with Crippen molar-refractivity contribution in [1.82, 2.24) is 10.2 Å². The van der Waals surface area contributed by atoms with Gasteiger partial charge in [-0.1, -0.05) is 24.3 Å². The number of nitrogens with one attached hydrogen (secondary N) is 1. The minimum Gasteiger partial charge on any atom is -0.339 e. The van der Waals surface area contributed by atoms with Gasteiger partial charge in [-0.2, -0.15) is 0 Å². The predicted octanol–water partition coefficient (Wildman–Crippen LogP) is 3.19. The Kier molecular flexibility index (Phi) is 4.44. The highest BCUT2D eigenvalue weighted by Gasteiger charge is 2.38. The van der Waals surface area contributed by atoms with Crippen LogP contribution in [0.25, 0.3) is 0 Å². The highest BCUT2D eigenvalue weighted by Crippen LogP contribution is 2.37. The molecule has 4 nitrogen and oxygen atoms in total. The van der Waals surface area contributed by atoms with Crippen LogP contribution in [-0.2, 0) is 0 Å². The van der Waals surface area contributed by atoms with Gasteiger partial charge in [0.2, 0.25) is 5.78 Å². The summed E-state index contributed by atoms with van der Waals surface area (Å²) in [5.74, 6) is -0.0752. The van der Waals surface area contributed by atoms with Crippen molar-refractivity contribution in [3.05, 3.63) is 57.8 Å². The summed E-state index contributed by atoms with van der Waals surface area (Å²) in [7, 11) is 0. The molecule has 0 bridgehead atoms. The molecule has 1 aromatic carbocycles. The van der Waals surface area contributed by atoms with Crippen molar-refractivity contribution < 1.29 is 9.59 Å². The molecule has 1 N–H and O–H groups in total. The maximum Gasteiger partial charge on any atom is 0.254 e. The van der Waals surface area contributed by atoms with Gasteiger partial charge in [0, 0.05) is 25.2 Å².